The lowest BCUT2D eigenvalue weighted by Gasteiger charge is -2.17. The van der Waals surface area contributed by atoms with Crippen LogP contribution < -0.4 is 5.32 Å². The summed E-state index contributed by atoms with van der Waals surface area (Å²) in [6, 6.07) is 14.6. The molecule has 0 atom stereocenters. The Kier molecular flexibility index (Phi) is 2.95. The van der Waals surface area contributed by atoms with Crippen molar-refractivity contribution in [1.29, 1.82) is 0 Å². The molecule has 0 aliphatic heterocycles. The van der Waals surface area contributed by atoms with Crippen LogP contribution in [0.1, 0.15) is 26.3 Å². The second-order valence-corrected chi connectivity index (χ2v) is 4.79. The average Bonchev–Trinajstić information content (AvgIpc) is 2.45. The maximum absolute atomic E-state index is 12.4. The number of Topliss-reactive ketones (excluding diaryl/α,β-unsaturated/α-hetero) is 1. The molecule has 0 radical (unpaired) electrons. The molecule has 3 heteroatoms. The molecule has 1 N–H and O–H groups in total. The highest BCUT2D eigenvalue weighted by Gasteiger charge is 2.25. The Morgan fingerprint density at radius 1 is 0.900 bits per heavy atom. The number of carbonyl (C=O) groups excluding carboxylic acids is 2. The van der Waals surface area contributed by atoms with E-state index in [4.69, 9.17) is 0 Å². The molecular weight excluding hydrogens is 250 g/mol. The normalized spacial score (nSPS) is 13.8. The Morgan fingerprint density at radius 3 is 2.40 bits per heavy atom. The minimum absolute atomic E-state index is 0.141. The van der Waals surface area contributed by atoms with Gasteiger partial charge in [-0.1, -0.05) is 35.9 Å². The summed E-state index contributed by atoms with van der Waals surface area (Å²) in [7, 11) is 0. The van der Waals surface area contributed by atoms with Crippen molar-refractivity contribution in [2.24, 2.45) is 0 Å². The number of nitrogens with one attached hydrogen (secondary N) is 1. The molecule has 98 valence electrons. The summed E-state index contributed by atoms with van der Waals surface area (Å²) in [6.45, 7) is 1.90. The van der Waals surface area contributed by atoms with Crippen LogP contribution in [-0.4, -0.2) is 11.6 Å². The Morgan fingerprint density at radius 2 is 1.65 bits per heavy atom. The van der Waals surface area contributed by atoms with E-state index >= 15 is 0 Å². The van der Waals surface area contributed by atoms with Gasteiger partial charge >= 0.3 is 0 Å². The maximum Gasteiger partial charge on any atom is 0.210 e. The Labute approximate surface area is 116 Å². The van der Waals surface area contributed by atoms with Crippen molar-refractivity contribution in [3.8, 4) is 0 Å². The number of aryl methyl sites for hydroxylation is 1. The van der Waals surface area contributed by atoms with E-state index in [1.807, 2.05) is 43.3 Å². The molecule has 0 aromatic heterocycles. The van der Waals surface area contributed by atoms with Crippen molar-refractivity contribution >= 4 is 17.3 Å². The summed E-state index contributed by atoms with van der Waals surface area (Å²) in [5, 5.41) is 3.01. The van der Waals surface area contributed by atoms with Gasteiger partial charge in [0.05, 0.1) is 5.70 Å². The zero-order chi connectivity index (χ0) is 14.1. The fourth-order valence-electron chi connectivity index (χ4n) is 2.25. The van der Waals surface area contributed by atoms with Crippen molar-refractivity contribution in [3.05, 3.63) is 77.0 Å². The van der Waals surface area contributed by atoms with Crippen LogP contribution in [-0.2, 0) is 0 Å². The third kappa shape index (κ3) is 2.14. The van der Waals surface area contributed by atoms with Crippen molar-refractivity contribution < 1.29 is 9.59 Å². The maximum atomic E-state index is 12.4. The standard InChI is InChI=1S/C17H13NO2/c1-11-7-8-13-14(9-11)17(20)15(10-16(13)19)18-12-5-3-2-4-6-12/h2-10,18H,1H3. The summed E-state index contributed by atoms with van der Waals surface area (Å²) in [5.74, 6) is -0.287. The number of carbonyl (C=O) groups is 2. The number of ketones is 2. The lowest BCUT2D eigenvalue weighted by molar-refractivity contribution is 0.0985. The Balaban J connectivity index is 1.99. The van der Waals surface area contributed by atoms with Crippen LogP contribution >= 0.6 is 0 Å². The third-order valence-corrected chi connectivity index (χ3v) is 3.26. The SMILES string of the molecule is Cc1ccc2c(c1)C(=O)C(Nc1ccccc1)=CC2=O. The number of allylic oxidation sites excluding steroid dienone is 2. The number of rotatable bonds is 2. The van der Waals surface area contributed by atoms with E-state index < -0.39 is 0 Å². The van der Waals surface area contributed by atoms with Crippen LogP contribution in [0.3, 0.4) is 0 Å². The molecular formula is C17H13NO2. The van der Waals surface area contributed by atoms with Gasteiger partial charge in [0.15, 0.2) is 5.78 Å². The average molecular weight is 263 g/mol. The molecule has 20 heavy (non-hydrogen) atoms. The summed E-state index contributed by atoms with van der Waals surface area (Å²) < 4.78 is 0. The number of anilines is 1. The van der Waals surface area contributed by atoms with Crippen LogP contribution in [0.25, 0.3) is 0 Å². The predicted molar refractivity (Wildman–Crippen MR) is 78.0 cm³/mol. The molecule has 0 amide bonds. The summed E-state index contributed by atoms with van der Waals surface area (Å²) in [6.07, 6.45) is 1.37. The van der Waals surface area contributed by atoms with Gasteiger partial charge in [0.25, 0.3) is 0 Å². The number of fused-ring (bicyclic) bond motifs is 1. The lowest BCUT2D eigenvalue weighted by atomic mass is 9.91. The minimum Gasteiger partial charge on any atom is -0.352 e. The second-order valence-electron chi connectivity index (χ2n) is 4.79. The van der Waals surface area contributed by atoms with Gasteiger partial charge in [-0.3, -0.25) is 9.59 Å². The summed E-state index contributed by atoms with van der Waals surface area (Å²) in [4.78, 5) is 24.5. The Bertz CT molecular complexity index is 730. The van der Waals surface area contributed by atoms with Crippen LogP contribution in [0, 0.1) is 6.92 Å². The fraction of sp³-hybridized carbons (Fsp3) is 0.0588. The number of para-hydroxylation sites is 1. The fourth-order valence-corrected chi connectivity index (χ4v) is 2.25. The van der Waals surface area contributed by atoms with Gasteiger partial charge in [0.1, 0.15) is 0 Å². The van der Waals surface area contributed by atoms with Gasteiger partial charge in [-0.05, 0) is 25.1 Å². The predicted octanol–water partition coefficient (Wildman–Crippen LogP) is 3.37. The smallest absolute Gasteiger partial charge is 0.210 e. The highest BCUT2D eigenvalue weighted by molar-refractivity contribution is 6.25. The zero-order valence-electron chi connectivity index (χ0n) is 11.0. The molecule has 0 saturated carbocycles. The van der Waals surface area contributed by atoms with Crippen LogP contribution in [0.5, 0.6) is 0 Å². The molecule has 3 rings (SSSR count). The van der Waals surface area contributed by atoms with Crippen molar-refractivity contribution in [2.45, 2.75) is 6.92 Å². The van der Waals surface area contributed by atoms with Crippen LogP contribution in [0.2, 0.25) is 0 Å². The van der Waals surface area contributed by atoms with E-state index in [9.17, 15) is 9.59 Å². The quantitative estimate of drug-likeness (QED) is 0.903. The van der Waals surface area contributed by atoms with Gasteiger partial charge in [0.2, 0.25) is 5.78 Å². The molecule has 1 aliphatic carbocycles. The van der Waals surface area contributed by atoms with Gasteiger partial charge < -0.3 is 5.32 Å². The van der Waals surface area contributed by atoms with Gasteiger partial charge in [-0.15, -0.1) is 0 Å². The van der Waals surface area contributed by atoms with E-state index in [-0.39, 0.29) is 11.6 Å². The molecule has 3 nitrogen and oxygen atoms in total. The number of hydrogen-bond acceptors (Lipinski definition) is 3. The molecule has 0 heterocycles. The molecule has 0 bridgehead atoms. The molecule has 0 unspecified atom stereocenters. The van der Waals surface area contributed by atoms with Gasteiger partial charge in [-0.25, -0.2) is 0 Å². The molecule has 2 aromatic rings. The molecule has 2 aromatic carbocycles. The third-order valence-electron chi connectivity index (χ3n) is 3.26. The van der Waals surface area contributed by atoms with E-state index in [0.29, 0.717) is 16.8 Å². The van der Waals surface area contributed by atoms with E-state index in [0.717, 1.165) is 11.3 Å². The monoisotopic (exact) mass is 263 g/mol. The topological polar surface area (TPSA) is 46.2 Å². The van der Waals surface area contributed by atoms with Crippen LogP contribution in [0.15, 0.2) is 60.3 Å². The first-order chi connectivity index (χ1) is 9.65. The highest BCUT2D eigenvalue weighted by atomic mass is 16.1. The summed E-state index contributed by atoms with van der Waals surface area (Å²) >= 11 is 0. The number of hydrogen-bond donors (Lipinski definition) is 1. The minimum atomic E-state index is -0.146. The summed E-state index contributed by atoms with van der Waals surface area (Å²) in [5.41, 5.74) is 3.01. The second kappa shape index (κ2) is 4.78. The first-order valence-corrected chi connectivity index (χ1v) is 6.38. The molecule has 0 fully saturated rings. The van der Waals surface area contributed by atoms with Gasteiger partial charge in [-0.2, -0.15) is 0 Å². The number of benzene rings is 2. The van der Waals surface area contributed by atoms with Crippen molar-refractivity contribution in [3.63, 3.8) is 0 Å². The van der Waals surface area contributed by atoms with Crippen molar-refractivity contribution in [1.82, 2.24) is 0 Å². The van der Waals surface area contributed by atoms with Gasteiger partial charge in [0, 0.05) is 22.9 Å². The van der Waals surface area contributed by atoms with E-state index in [1.165, 1.54) is 6.08 Å². The first kappa shape index (κ1) is 12.4. The lowest BCUT2D eigenvalue weighted by Crippen LogP contribution is -2.21. The zero-order valence-corrected chi connectivity index (χ0v) is 11.0. The largest absolute Gasteiger partial charge is 0.352 e. The first-order valence-electron chi connectivity index (χ1n) is 6.38. The van der Waals surface area contributed by atoms with Crippen molar-refractivity contribution in [2.75, 3.05) is 5.32 Å². The Hall–Kier alpha value is -2.68. The molecule has 1 aliphatic rings. The van der Waals surface area contributed by atoms with E-state index in [2.05, 4.69) is 5.32 Å². The molecule has 0 spiro atoms. The highest BCUT2D eigenvalue weighted by Crippen LogP contribution is 2.23. The van der Waals surface area contributed by atoms with E-state index in [1.54, 1.807) is 12.1 Å². The van der Waals surface area contributed by atoms with Crippen LogP contribution in [0.4, 0.5) is 5.69 Å². The molecule has 0 saturated heterocycles.